The van der Waals surface area contributed by atoms with Gasteiger partial charge in [-0.05, 0) is 58.8 Å². The summed E-state index contributed by atoms with van der Waals surface area (Å²) in [6.45, 7) is 0.223. The van der Waals surface area contributed by atoms with Crippen molar-refractivity contribution in [3.05, 3.63) is 111 Å². The number of nitro benzene ring substituents is 1. The molecule has 0 atom stereocenters. The molecule has 1 amide bonds. The number of nitrogens with zero attached hydrogens (tertiary/aromatic N) is 2. The molecule has 0 radical (unpaired) electrons. The first kappa shape index (κ1) is 24.3. The Morgan fingerprint density at radius 1 is 1.03 bits per heavy atom. The van der Waals surface area contributed by atoms with Crippen molar-refractivity contribution in [2.45, 2.75) is 11.5 Å². The van der Waals surface area contributed by atoms with Gasteiger partial charge < -0.3 is 4.74 Å². The Morgan fingerprint density at radius 2 is 1.77 bits per heavy atom. The van der Waals surface area contributed by atoms with Crippen LogP contribution in [0.5, 0.6) is 5.75 Å². The number of benzene rings is 4. The number of thioether (sulfide) groups is 1. The SMILES string of the molecule is O=C(CSc1ccc(Cl)cc1)N/N=C\c1c(OCc2ccc([N+](=O)[O-])cc2)ccc2ccccc12. The van der Waals surface area contributed by atoms with Gasteiger partial charge in [0.2, 0.25) is 5.91 Å². The minimum atomic E-state index is -0.440. The van der Waals surface area contributed by atoms with Crippen LogP contribution in [0.1, 0.15) is 11.1 Å². The van der Waals surface area contributed by atoms with Gasteiger partial charge in [-0.15, -0.1) is 11.8 Å². The number of ether oxygens (including phenoxy) is 1. The van der Waals surface area contributed by atoms with Crippen LogP contribution in [-0.4, -0.2) is 22.8 Å². The molecule has 35 heavy (non-hydrogen) atoms. The Morgan fingerprint density at radius 3 is 2.51 bits per heavy atom. The van der Waals surface area contributed by atoms with E-state index in [0.717, 1.165) is 26.8 Å². The van der Waals surface area contributed by atoms with Crippen molar-refractivity contribution in [3.63, 3.8) is 0 Å². The van der Waals surface area contributed by atoms with E-state index in [2.05, 4.69) is 10.5 Å². The number of non-ortho nitro benzene ring substituents is 1. The fraction of sp³-hybridized carbons (Fsp3) is 0.0769. The van der Waals surface area contributed by atoms with E-state index in [1.165, 1.54) is 23.9 Å². The smallest absolute Gasteiger partial charge is 0.269 e. The maximum Gasteiger partial charge on any atom is 0.269 e. The summed E-state index contributed by atoms with van der Waals surface area (Å²) in [5, 5.41) is 17.6. The average molecular weight is 506 g/mol. The van der Waals surface area contributed by atoms with E-state index in [9.17, 15) is 14.9 Å². The van der Waals surface area contributed by atoms with E-state index in [-0.39, 0.29) is 24.0 Å². The number of hydrogen-bond donors (Lipinski definition) is 1. The predicted molar refractivity (Wildman–Crippen MR) is 139 cm³/mol. The number of nitro groups is 1. The molecule has 0 aliphatic heterocycles. The molecule has 7 nitrogen and oxygen atoms in total. The number of amides is 1. The summed E-state index contributed by atoms with van der Waals surface area (Å²) in [6.07, 6.45) is 1.57. The summed E-state index contributed by atoms with van der Waals surface area (Å²) in [5.41, 5.74) is 4.09. The first-order chi connectivity index (χ1) is 17.0. The van der Waals surface area contributed by atoms with E-state index in [1.54, 1.807) is 30.5 Å². The van der Waals surface area contributed by atoms with Crippen molar-refractivity contribution in [2.75, 3.05) is 5.75 Å². The van der Waals surface area contributed by atoms with Crippen molar-refractivity contribution >= 4 is 51.9 Å². The van der Waals surface area contributed by atoms with Gasteiger partial charge in [-0.25, -0.2) is 5.43 Å². The Hall–Kier alpha value is -3.88. The van der Waals surface area contributed by atoms with Crippen LogP contribution in [0.4, 0.5) is 5.69 Å². The minimum absolute atomic E-state index is 0.0252. The summed E-state index contributed by atoms with van der Waals surface area (Å²) in [4.78, 5) is 23.6. The van der Waals surface area contributed by atoms with Gasteiger partial charge in [0, 0.05) is 27.6 Å². The molecular formula is C26H20ClN3O4S. The molecule has 0 bridgehead atoms. The normalized spacial score (nSPS) is 11.0. The summed E-state index contributed by atoms with van der Waals surface area (Å²) in [5.74, 6) is 0.545. The van der Waals surface area contributed by atoms with Gasteiger partial charge in [0.15, 0.2) is 0 Å². The van der Waals surface area contributed by atoms with Crippen LogP contribution in [-0.2, 0) is 11.4 Å². The number of carbonyl (C=O) groups is 1. The number of fused-ring (bicyclic) bond motifs is 1. The molecule has 0 saturated heterocycles. The molecule has 0 fully saturated rings. The number of hydrazone groups is 1. The standard InChI is InChI=1S/C26H20ClN3O4S/c27-20-8-12-22(13-9-20)35-17-26(31)29-28-15-24-23-4-2-1-3-19(23)7-14-25(24)34-16-18-5-10-21(11-6-18)30(32)33/h1-15H,16-17H2,(H,29,31)/b28-15-. The van der Waals surface area contributed by atoms with Gasteiger partial charge in [0.1, 0.15) is 12.4 Å². The third-order valence-corrected chi connectivity index (χ3v) is 6.30. The zero-order chi connectivity index (χ0) is 24.6. The predicted octanol–water partition coefficient (Wildman–Crippen LogP) is 6.22. The second kappa shape index (κ2) is 11.5. The highest BCUT2D eigenvalue weighted by molar-refractivity contribution is 8.00. The molecule has 4 rings (SSSR count). The number of halogens is 1. The summed E-state index contributed by atoms with van der Waals surface area (Å²) in [6, 6.07) is 25.0. The first-order valence-electron chi connectivity index (χ1n) is 10.6. The molecule has 0 aliphatic rings. The molecule has 4 aromatic carbocycles. The van der Waals surface area contributed by atoms with Gasteiger partial charge in [0.25, 0.3) is 5.69 Å². The van der Waals surface area contributed by atoms with Crippen LogP contribution in [0.2, 0.25) is 5.02 Å². The Kier molecular flexibility index (Phi) is 7.97. The van der Waals surface area contributed by atoms with Crippen LogP contribution in [0.3, 0.4) is 0 Å². The number of nitrogens with one attached hydrogen (secondary N) is 1. The molecule has 0 aliphatic carbocycles. The molecular weight excluding hydrogens is 486 g/mol. The second-order valence-corrected chi connectivity index (χ2v) is 8.93. The number of carbonyl (C=O) groups excluding carboxylic acids is 1. The van der Waals surface area contributed by atoms with Crippen molar-refractivity contribution in [1.82, 2.24) is 5.43 Å². The molecule has 0 saturated carbocycles. The van der Waals surface area contributed by atoms with Crippen LogP contribution >= 0.6 is 23.4 Å². The third-order valence-electron chi connectivity index (χ3n) is 5.04. The van der Waals surface area contributed by atoms with Gasteiger partial charge in [-0.1, -0.05) is 41.9 Å². The maximum atomic E-state index is 12.3. The average Bonchev–Trinajstić information content (AvgIpc) is 2.88. The molecule has 9 heteroatoms. The highest BCUT2D eigenvalue weighted by Crippen LogP contribution is 2.28. The van der Waals surface area contributed by atoms with Crippen LogP contribution in [0.15, 0.2) is 94.9 Å². The fourth-order valence-corrected chi connectivity index (χ4v) is 4.11. The van der Waals surface area contributed by atoms with E-state index < -0.39 is 4.92 Å². The lowest BCUT2D eigenvalue weighted by Crippen LogP contribution is -2.19. The monoisotopic (exact) mass is 505 g/mol. The lowest BCUT2D eigenvalue weighted by molar-refractivity contribution is -0.384. The molecule has 0 spiro atoms. The maximum absolute atomic E-state index is 12.3. The summed E-state index contributed by atoms with van der Waals surface area (Å²) in [7, 11) is 0. The zero-order valence-electron chi connectivity index (χ0n) is 18.4. The summed E-state index contributed by atoms with van der Waals surface area (Å²) >= 11 is 7.27. The molecule has 1 N–H and O–H groups in total. The van der Waals surface area contributed by atoms with Gasteiger partial charge in [-0.3, -0.25) is 14.9 Å². The third kappa shape index (κ3) is 6.59. The zero-order valence-corrected chi connectivity index (χ0v) is 20.0. The van der Waals surface area contributed by atoms with Crippen molar-refractivity contribution in [1.29, 1.82) is 0 Å². The van der Waals surface area contributed by atoms with Crippen molar-refractivity contribution in [2.24, 2.45) is 5.10 Å². The largest absolute Gasteiger partial charge is 0.488 e. The lowest BCUT2D eigenvalue weighted by atomic mass is 10.0. The van der Waals surface area contributed by atoms with Crippen molar-refractivity contribution in [3.8, 4) is 5.75 Å². The molecule has 0 heterocycles. The number of hydrogen-bond acceptors (Lipinski definition) is 6. The molecule has 4 aromatic rings. The second-order valence-electron chi connectivity index (χ2n) is 7.45. The molecule has 176 valence electrons. The molecule has 0 aromatic heterocycles. The molecule has 0 unspecified atom stereocenters. The first-order valence-corrected chi connectivity index (χ1v) is 11.9. The van der Waals surface area contributed by atoms with Gasteiger partial charge in [-0.2, -0.15) is 5.10 Å². The van der Waals surface area contributed by atoms with Crippen molar-refractivity contribution < 1.29 is 14.5 Å². The van der Waals surface area contributed by atoms with E-state index in [0.29, 0.717) is 10.8 Å². The van der Waals surface area contributed by atoms with Gasteiger partial charge in [0.05, 0.1) is 16.9 Å². The van der Waals surface area contributed by atoms with Crippen LogP contribution in [0.25, 0.3) is 10.8 Å². The minimum Gasteiger partial charge on any atom is -0.488 e. The van der Waals surface area contributed by atoms with Crippen LogP contribution < -0.4 is 10.2 Å². The topological polar surface area (TPSA) is 93.8 Å². The number of rotatable bonds is 9. The quantitative estimate of drug-likeness (QED) is 0.126. The van der Waals surface area contributed by atoms with E-state index >= 15 is 0 Å². The Balaban J connectivity index is 1.45. The van der Waals surface area contributed by atoms with Gasteiger partial charge >= 0.3 is 0 Å². The van der Waals surface area contributed by atoms with E-state index in [1.807, 2.05) is 48.5 Å². The Labute approximate surface area is 210 Å². The highest BCUT2D eigenvalue weighted by atomic mass is 35.5. The summed E-state index contributed by atoms with van der Waals surface area (Å²) < 4.78 is 6.02. The highest BCUT2D eigenvalue weighted by Gasteiger charge is 2.10. The Bertz CT molecular complexity index is 1380. The fourth-order valence-electron chi connectivity index (χ4n) is 3.29. The lowest BCUT2D eigenvalue weighted by Gasteiger charge is -2.12. The van der Waals surface area contributed by atoms with E-state index in [4.69, 9.17) is 16.3 Å². The van der Waals surface area contributed by atoms with Crippen LogP contribution in [0, 0.1) is 10.1 Å².